The van der Waals surface area contributed by atoms with Gasteiger partial charge in [-0.15, -0.1) is 0 Å². The minimum absolute atomic E-state index is 0.0278. The predicted molar refractivity (Wildman–Crippen MR) is 35.2 cm³/mol. The molecule has 0 aromatic heterocycles. The summed E-state index contributed by atoms with van der Waals surface area (Å²) in [6.45, 7) is 0. The van der Waals surface area contributed by atoms with E-state index < -0.39 is 10.6 Å². The average Bonchev–Trinajstić information content (AvgIpc) is 1.82. The highest BCUT2D eigenvalue weighted by atomic mass is 32.3. The van der Waals surface area contributed by atoms with E-state index in [1.165, 1.54) is 0 Å². The molecule has 0 saturated carbocycles. The molecule has 1 heterocycles. The van der Waals surface area contributed by atoms with Crippen molar-refractivity contribution in [3.05, 3.63) is 0 Å². The van der Waals surface area contributed by atoms with Crippen molar-refractivity contribution >= 4 is 10.6 Å². The lowest BCUT2D eigenvalue weighted by molar-refractivity contribution is 0.494. The Morgan fingerprint density at radius 2 is 2.12 bits per heavy atom. The summed E-state index contributed by atoms with van der Waals surface area (Å²) >= 11 is 0. The summed E-state index contributed by atoms with van der Waals surface area (Å²) in [5.41, 5.74) is 5.41. The molecule has 1 unspecified atom stereocenters. The molecule has 4 heteroatoms. The van der Waals surface area contributed by atoms with E-state index in [9.17, 15) is 0 Å². The molecule has 50 valence electrons. The highest BCUT2D eigenvalue weighted by Crippen LogP contribution is 2.44. The Morgan fingerprint density at radius 1 is 1.50 bits per heavy atom. The number of hydrogen-bond donors (Lipinski definition) is 3. The van der Waals surface area contributed by atoms with E-state index in [1.807, 2.05) is 0 Å². The highest BCUT2D eigenvalue weighted by Gasteiger charge is 2.24. The highest BCUT2D eigenvalue weighted by molar-refractivity contribution is 8.24. The molecule has 0 aliphatic carbocycles. The first kappa shape index (κ1) is 6.35. The Morgan fingerprint density at radius 3 is 2.25 bits per heavy atom. The number of hydrogen-bond acceptors (Lipinski definition) is 3. The first-order valence-electron chi connectivity index (χ1n) is 2.59. The average molecular weight is 137 g/mol. The van der Waals surface area contributed by atoms with Gasteiger partial charge in [-0.2, -0.15) is 10.6 Å². The van der Waals surface area contributed by atoms with Crippen molar-refractivity contribution in [1.82, 2.24) is 0 Å². The monoisotopic (exact) mass is 137 g/mol. The summed E-state index contributed by atoms with van der Waals surface area (Å²) < 4.78 is 17.8. The van der Waals surface area contributed by atoms with Crippen molar-refractivity contribution in [2.75, 3.05) is 11.5 Å². The fraction of sp³-hybridized carbons (Fsp3) is 1.00. The largest absolute Gasteiger partial charge is 0.326 e. The first-order valence-corrected chi connectivity index (χ1v) is 4.48. The first-order chi connectivity index (χ1) is 3.60. The summed E-state index contributed by atoms with van der Waals surface area (Å²) in [6.07, 6.45) is 0.766. The van der Waals surface area contributed by atoms with E-state index in [4.69, 9.17) is 14.8 Å². The smallest absolute Gasteiger partial charge is 0.0526 e. The van der Waals surface area contributed by atoms with E-state index in [0.29, 0.717) is 11.5 Å². The molecule has 0 spiro atoms. The van der Waals surface area contributed by atoms with Crippen LogP contribution in [0.4, 0.5) is 0 Å². The van der Waals surface area contributed by atoms with Crippen molar-refractivity contribution in [3.8, 4) is 0 Å². The molecule has 1 fully saturated rings. The topological polar surface area (TPSA) is 66.5 Å². The molecule has 1 atom stereocenters. The third kappa shape index (κ3) is 1.35. The molecule has 1 saturated heterocycles. The lowest BCUT2D eigenvalue weighted by Gasteiger charge is -2.25. The van der Waals surface area contributed by atoms with E-state index in [-0.39, 0.29) is 6.04 Å². The molecular weight excluding hydrogens is 126 g/mol. The Kier molecular flexibility index (Phi) is 1.49. The van der Waals surface area contributed by atoms with Crippen molar-refractivity contribution in [3.63, 3.8) is 0 Å². The molecular formula is C4H11NO2S. The third-order valence-electron chi connectivity index (χ3n) is 1.30. The Hall–Kier alpha value is 0.230. The summed E-state index contributed by atoms with van der Waals surface area (Å²) in [7, 11) is -2.22. The second-order valence-corrected chi connectivity index (χ2v) is 4.57. The van der Waals surface area contributed by atoms with Gasteiger partial charge in [-0.3, -0.25) is 9.11 Å². The fourth-order valence-electron chi connectivity index (χ4n) is 0.850. The van der Waals surface area contributed by atoms with Gasteiger partial charge in [0.1, 0.15) is 0 Å². The zero-order valence-corrected chi connectivity index (χ0v) is 5.40. The van der Waals surface area contributed by atoms with E-state index in [1.54, 1.807) is 0 Å². The van der Waals surface area contributed by atoms with E-state index >= 15 is 0 Å². The van der Waals surface area contributed by atoms with Crippen LogP contribution in [-0.4, -0.2) is 26.7 Å². The van der Waals surface area contributed by atoms with Crippen molar-refractivity contribution < 1.29 is 9.11 Å². The summed E-state index contributed by atoms with van der Waals surface area (Å²) in [6, 6.07) is 0.0278. The predicted octanol–water partition coefficient (Wildman–Crippen LogP) is 0.468. The minimum Gasteiger partial charge on any atom is -0.326 e. The third-order valence-corrected chi connectivity index (χ3v) is 3.15. The van der Waals surface area contributed by atoms with Crippen LogP contribution in [-0.2, 0) is 0 Å². The van der Waals surface area contributed by atoms with Gasteiger partial charge < -0.3 is 5.73 Å². The zero-order valence-electron chi connectivity index (χ0n) is 4.58. The SMILES string of the molecule is NC1CCS(O)(O)C1. The van der Waals surface area contributed by atoms with Crippen LogP contribution in [0.15, 0.2) is 0 Å². The van der Waals surface area contributed by atoms with Crippen LogP contribution >= 0.6 is 10.6 Å². The van der Waals surface area contributed by atoms with Crippen LogP contribution in [0.25, 0.3) is 0 Å². The molecule has 1 rings (SSSR count). The van der Waals surface area contributed by atoms with Gasteiger partial charge in [0, 0.05) is 11.8 Å². The van der Waals surface area contributed by atoms with Crippen molar-refractivity contribution in [1.29, 1.82) is 0 Å². The maximum Gasteiger partial charge on any atom is 0.0526 e. The zero-order chi connectivity index (χ0) is 6.20. The van der Waals surface area contributed by atoms with Crippen molar-refractivity contribution in [2.24, 2.45) is 5.73 Å². The van der Waals surface area contributed by atoms with Crippen molar-refractivity contribution in [2.45, 2.75) is 12.5 Å². The fourth-order valence-corrected chi connectivity index (χ4v) is 2.55. The van der Waals surface area contributed by atoms with Crippen LogP contribution in [0.1, 0.15) is 6.42 Å². The Labute approximate surface area is 50.2 Å². The normalized spacial score (nSPS) is 39.6. The summed E-state index contributed by atoms with van der Waals surface area (Å²) in [4.78, 5) is 0. The molecule has 3 nitrogen and oxygen atoms in total. The molecule has 0 radical (unpaired) electrons. The lowest BCUT2D eigenvalue weighted by atomic mass is 10.3. The molecule has 1 aliphatic heterocycles. The van der Waals surface area contributed by atoms with E-state index in [0.717, 1.165) is 6.42 Å². The van der Waals surface area contributed by atoms with Crippen LogP contribution in [0.3, 0.4) is 0 Å². The van der Waals surface area contributed by atoms with Gasteiger partial charge in [0.05, 0.1) is 5.75 Å². The molecule has 1 aliphatic rings. The van der Waals surface area contributed by atoms with E-state index in [2.05, 4.69) is 0 Å². The van der Waals surface area contributed by atoms with Crippen LogP contribution in [0.5, 0.6) is 0 Å². The van der Waals surface area contributed by atoms with Gasteiger partial charge in [-0.25, -0.2) is 0 Å². The minimum atomic E-state index is -2.22. The standard InChI is InChI=1S/C4H11NO2S/c5-4-1-2-8(6,7)3-4/h4,6-7H,1-3,5H2. The molecule has 0 aromatic carbocycles. The molecule has 0 amide bonds. The number of nitrogens with two attached hydrogens (primary N) is 1. The second-order valence-electron chi connectivity index (χ2n) is 2.22. The number of rotatable bonds is 0. The molecule has 0 aromatic rings. The van der Waals surface area contributed by atoms with Gasteiger partial charge >= 0.3 is 0 Å². The van der Waals surface area contributed by atoms with Gasteiger partial charge in [0.2, 0.25) is 0 Å². The quantitative estimate of drug-likeness (QED) is 0.454. The lowest BCUT2D eigenvalue weighted by Crippen LogP contribution is -2.19. The summed E-state index contributed by atoms with van der Waals surface area (Å²) in [5, 5.41) is 0. The maximum absolute atomic E-state index is 8.92. The Bertz CT molecular complexity index is 96.0. The molecule has 8 heavy (non-hydrogen) atoms. The molecule has 0 bridgehead atoms. The summed E-state index contributed by atoms with van der Waals surface area (Å²) in [5.74, 6) is 0.918. The Balaban J connectivity index is 2.44. The van der Waals surface area contributed by atoms with Crippen LogP contribution in [0.2, 0.25) is 0 Å². The second kappa shape index (κ2) is 1.88. The van der Waals surface area contributed by atoms with Gasteiger partial charge in [0.15, 0.2) is 0 Å². The van der Waals surface area contributed by atoms with Gasteiger partial charge in [-0.1, -0.05) is 0 Å². The van der Waals surface area contributed by atoms with Crippen LogP contribution in [0, 0.1) is 0 Å². The van der Waals surface area contributed by atoms with Gasteiger partial charge in [-0.05, 0) is 6.42 Å². The molecule has 4 N–H and O–H groups in total. The van der Waals surface area contributed by atoms with Gasteiger partial charge in [0.25, 0.3) is 0 Å². The maximum atomic E-state index is 8.92. The van der Waals surface area contributed by atoms with Crippen LogP contribution < -0.4 is 5.73 Å².